The smallest absolute Gasteiger partial charge is 0.0624 e. The van der Waals surface area contributed by atoms with Gasteiger partial charge in [-0.05, 0) is 12.8 Å². The Balaban J connectivity index is 3.03. The predicted octanol–water partition coefficient (Wildman–Crippen LogP) is 1.64. The summed E-state index contributed by atoms with van der Waals surface area (Å²) in [6, 6.07) is 1.99. The quantitative estimate of drug-likeness (QED) is 0.511. The molecule has 0 fully saturated rings. The molecule has 1 atom stereocenters. The highest BCUT2D eigenvalue weighted by atomic mass is 14.2. The minimum atomic E-state index is 0.0880. The third kappa shape index (κ3) is 3.32. The van der Waals surface area contributed by atoms with E-state index >= 15 is 0 Å². The highest BCUT2D eigenvalue weighted by Crippen LogP contribution is 2.02. The van der Waals surface area contributed by atoms with Crippen LogP contribution in [0, 0.1) is 24.2 Å². The van der Waals surface area contributed by atoms with Gasteiger partial charge in [0.2, 0.25) is 0 Å². The van der Waals surface area contributed by atoms with Gasteiger partial charge < -0.3 is 0 Å². The molecule has 1 nitrogen and oxygen atoms in total. The van der Waals surface area contributed by atoms with Crippen molar-refractivity contribution in [3.05, 3.63) is 6.92 Å². The first-order valence-corrected chi connectivity index (χ1v) is 2.43. The molecule has 38 valence electrons. The molecule has 0 aliphatic carbocycles. The molecular weight excluding hydrogens is 86.1 g/mol. The predicted molar refractivity (Wildman–Crippen MR) is 28.3 cm³/mol. The second-order valence-electron chi connectivity index (χ2n) is 1.53. The first kappa shape index (κ1) is 6.49. The van der Waals surface area contributed by atoms with Crippen molar-refractivity contribution >= 4 is 0 Å². The molecule has 0 aromatic heterocycles. The van der Waals surface area contributed by atoms with E-state index in [4.69, 9.17) is 12.2 Å². The SMILES string of the molecule is [CH]C(CC)CC#N. The summed E-state index contributed by atoms with van der Waals surface area (Å²) < 4.78 is 0. The average molecular weight is 95.1 g/mol. The number of rotatable bonds is 2. The normalized spacial score (nSPS) is 12.7. The van der Waals surface area contributed by atoms with Crippen LogP contribution in [-0.4, -0.2) is 0 Å². The van der Waals surface area contributed by atoms with E-state index in [2.05, 4.69) is 0 Å². The van der Waals surface area contributed by atoms with E-state index in [-0.39, 0.29) is 5.92 Å². The highest BCUT2D eigenvalue weighted by Gasteiger charge is 1.93. The Hall–Kier alpha value is -0.510. The fourth-order valence-corrected chi connectivity index (χ4v) is 0.262. The third-order valence-electron chi connectivity index (χ3n) is 0.878. The molecule has 1 unspecified atom stereocenters. The zero-order valence-corrected chi connectivity index (χ0v) is 4.52. The Morgan fingerprint density at radius 3 is 2.57 bits per heavy atom. The van der Waals surface area contributed by atoms with Gasteiger partial charge in [-0.1, -0.05) is 13.3 Å². The largest absolute Gasteiger partial charge is 0.198 e. The number of hydrogen-bond acceptors (Lipinski definition) is 1. The molecular formula is C6H9N. The topological polar surface area (TPSA) is 23.8 Å². The molecule has 0 aliphatic rings. The zero-order chi connectivity index (χ0) is 5.70. The minimum absolute atomic E-state index is 0.0880. The Labute approximate surface area is 45.0 Å². The lowest BCUT2D eigenvalue weighted by molar-refractivity contribution is 0.640. The molecule has 0 saturated carbocycles. The van der Waals surface area contributed by atoms with E-state index in [0.717, 1.165) is 6.42 Å². The number of nitriles is 1. The Morgan fingerprint density at radius 2 is 2.43 bits per heavy atom. The lowest BCUT2D eigenvalue weighted by Crippen LogP contribution is -1.87. The minimum Gasteiger partial charge on any atom is -0.198 e. The summed E-state index contributed by atoms with van der Waals surface area (Å²) in [4.78, 5) is 0. The van der Waals surface area contributed by atoms with Crippen LogP contribution in [0.2, 0.25) is 0 Å². The van der Waals surface area contributed by atoms with Crippen molar-refractivity contribution in [2.75, 3.05) is 0 Å². The molecule has 0 amide bonds. The average Bonchev–Trinajstić information content (AvgIpc) is 1.68. The van der Waals surface area contributed by atoms with Crippen molar-refractivity contribution in [3.8, 4) is 6.07 Å². The maximum Gasteiger partial charge on any atom is 0.0624 e. The molecule has 0 bridgehead atoms. The van der Waals surface area contributed by atoms with Crippen molar-refractivity contribution in [2.45, 2.75) is 19.8 Å². The molecule has 0 heterocycles. The van der Waals surface area contributed by atoms with Crippen molar-refractivity contribution in [1.29, 1.82) is 5.26 Å². The van der Waals surface area contributed by atoms with Crippen LogP contribution >= 0.6 is 0 Å². The second-order valence-corrected chi connectivity index (χ2v) is 1.53. The van der Waals surface area contributed by atoms with Crippen LogP contribution in [-0.2, 0) is 0 Å². The van der Waals surface area contributed by atoms with E-state index in [1.165, 1.54) is 0 Å². The van der Waals surface area contributed by atoms with Crippen molar-refractivity contribution in [3.63, 3.8) is 0 Å². The fourth-order valence-electron chi connectivity index (χ4n) is 0.262. The van der Waals surface area contributed by atoms with Gasteiger partial charge >= 0.3 is 0 Å². The Kier molecular flexibility index (Phi) is 3.40. The van der Waals surface area contributed by atoms with Crippen LogP contribution in [0.25, 0.3) is 0 Å². The lowest BCUT2D eigenvalue weighted by atomic mass is 10.1. The first-order valence-electron chi connectivity index (χ1n) is 2.43. The summed E-state index contributed by atoms with van der Waals surface area (Å²) in [7, 11) is 0. The Bertz CT molecular complexity index is 70.7. The van der Waals surface area contributed by atoms with Crippen LogP contribution < -0.4 is 0 Å². The van der Waals surface area contributed by atoms with Gasteiger partial charge in [-0.3, -0.25) is 0 Å². The molecule has 2 radical (unpaired) electrons. The van der Waals surface area contributed by atoms with Crippen LogP contribution in [0.1, 0.15) is 19.8 Å². The van der Waals surface area contributed by atoms with Crippen LogP contribution in [0.3, 0.4) is 0 Å². The molecule has 0 spiro atoms. The summed E-state index contributed by atoms with van der Waals surface area (Å²) in [6.45, 7) is 7.34. The van der Waals surface area contributed by atoms with Gasteiger partial charge in [0.05, 0.1) is 6.07 Å². The van der Waals surface area contributed by atoms with Gasteiger partial charge in [0.25, 0.3) is 0 Å². The molecule has 0 saturated heterocycles. The lowest BCUT2D eigenvalue weighted by Gasteiger charge is -1.96. The molecule has 0 aromatic rings. The van der Waals surface area contributed by atoms with E-state index in [9.17, 15) is 0 Å². The van der Waals surface area contributed by atoms with Gasteiger partial charge in [0, 0.05) is 6.42 Å². The van der Waals surface area contributed by atoms with Crippen LogP contribution in [0.4, 0.5) is 0 Å². The van der Waals surface area contributed by atoms with Crippen molar-refractivity contribution < 1.29 is 0 Å². The fraction of sp³-hybridized carbons (Fsp3) is 0.667. The molecule has 0 aromatic carbocycles. The standard InChI is InChI=1S/C6H9N/c1-3-6(2)4-5-7/h2,6H,3-4H2,1H3. The van der Waals surface area contributed by atoms with Gasteiger partial charge in [0.15, 0.2) is 0 Å². The third-order valence-corrected chi connectivity index (χ3v) is 0.878. The van der Waals surface area contributed by atoms with Gasteiger partial charge in [-0.15, -0.1) is 0 Å². The molecule has 7 heavy (non-hydrogen) atoms. The summed E-state index contributed by atoms with van der Waals surface area (Å²) >= 11 is 0. The second kappa shape index (κ2) is 3.67. The maximum atomic E-state index is 8.04. The van der Waals surface area contributed by atoms with Crippen LogP contribution in [0.5, 0.6) is 0 Å². The molecule has 0 aliphatic heterocycles. The molecule has 1 heteroatoms. The summed E-state index contributed by atoms with van der Waals surface area (Å²) in [6.07, 6.45) is 1.38. The van der Waals surface area contributed by atoms with E-state index < -0.39 is 0 Å². The van der Waals surface area contributed by atoms with Crippen molar-refractivity contribution in [1.82, 2.24) is 0 Å². The first-order chi connectivity index (χ1) is 3.31. The summed E-state index contributed by atoms with van der Waals surface area (Å²) in [5.41, 5.74) is 0. The monoisotopic (exact) mass is 95.1 g/mol. The van der Waals surface area contributed by atoms with Crippen molar-refractivity contribution in [2.24, 2.45) is 5.92 Å². The van der Waals surface area contributed by atoms with E-state index in [0.29, 0.717) is 6.42 Å². The number of hydrogen-bond donors (Lipinski definition) is 0. The van der Waals surface area contributed by atoms with Gasteiger partial charge in [-0.2, -0.15) is 5.26 Å². The van der Waals surface area contributed by atoms with Crippen LogP contribution in [0.15, 0.2) is 0 Å². The van der Waals surface area contributed by atoms with Gasteiger partial charge in [0.1, 0.15) is 0 Å². The summed E-state index contributed by atoms with van der Waals surface area (Å²) in [5, 5.41) is 8.04. The number of nitrogens with zero attached hydrogens (tertiary/aromatic N) is 1. The maximum absolute atomic E-state index is 8.04. The highest BCUT2D eigenvalue weighted by molar-refractivity contribution is 4.75. The summed E-state index contributed by atoms with van der Waals surface area (Å²) in [5.74, 6) is 0.0880. The molecule has 0 N–H and O–H groups in total. The Morgan fingerprint density at radius 1 is 1.86 bits per heavy atom. The van der Waals surface area contributed by atoms with Gasteiger partial charge in [-0.25, -0.2) is 0 Å². The zero-order valence-electron chi connectivity index (χ0n) is 4.52. The molecule has 0 rings (SSSR count). The van der Waals surface area contributed by atoms with E-state index in [1.54, 1.807) is 0 Å². The van der Waals surface area contributed by atoms with E-state index in [1.807, 2.05) is 13.0 Å².